The Morgan fingerprint density at radius 2 is 1.95 bits per heavy atom. The van der Waals surface area contributed by atoms with Gasteiger partial charge in [0, 0.05) is 6.07 Å². The second-order valence-electron chi connectivity index (χ2n) is 4.09. The first-order valence-electron chi connectivity index (χ1n) is 5.81. The molecule has 0 fully saturated rings. The lowest BCUT2D eigenvalue weighted by Crippen LogP contribution is -2.09. The first kappa shape index (κ1) is 13.7. The first-order valence-corrected chi connectivity index (χ1v) is 5.81. The van der Waals surface area contributed by atoms with Gasteiger partial charge < -0.3 is 15.6 Å². The van der Waals surface area contributed by atoms with Gasteiger partial charge in [-0.1, -0.05) is 12.1 Å². The monoisotopic (exact) mass is 276 g/mol. The molecule has 0 radical (unpaired) electrons. The van der Waals surface area contributed by atoms with Crippen LogP contribution in [0.4, 0.5) is 20.6 Å². The van der Waals surface area contributed by atoms with Crippen LogP contribution in [0.3, 0.4) is 0 Å². The summed E-state index contributed by atoms with van der Waals surface area (Å²) < 4.78 is 18.2. The lowest BCUT2D eigenvalue weighted by atomic mass is 10.2. The van der Waals surface area contributed by atoms with Crippen LogP contribution >= 0.6 is 0 Å². The number of hydrogen-bond acceptors (Lipinski definition) is 3. The molecule has 6 heteroatoms. The third-order valence-corrected chi connectivity index (χ3v) is 2.58. The number of rotatable bonds is 4. The van der Waals surface area contributed by atoms with Gasteiger partial charge in [-0.15, -0.1) is 0 Å². The van der Waals surface area contributed by atoms with Gasteiger partial charge >= 0.3 is 6.09 Å². The van der Waals surface area contributed by atoms with Gasteiger partial charge in [0.1, 0.15) is 18.2 Å². The summed E-state index contributed by atoms with van der Waals surface area (Å²) in [6.45, 7) is 0.269. The molecular weight excluding hydrogens is 263 g/mol. The molecular formula is C14H13FN2O3. The molecule has 0 aliphatic carbocycles. The van der Waals surface area contributed by atoms with E-state index in [1.54, 1.807) is 18.2 Å². The fourth-order valence-corrected chi connectivity index (χ4v) is 1.61. The minimum atomic E-state index is -1.18. The molecule has 4 N–H and O–H groups in total. The zero-order valence-electron chi connectivity index (χ0n) is 10.5. The van der Waals surface area contributed by atoms with Crippen LogP contribution in [0.1, 0.15) is 5.56 Å². The van der Waals surface area contributed by atoms with Crippen molar-refractivity contribution < 1.29 is 19.0 Å². The lowest BCUT2D eigenvalue weighted by Gasteiger charge is -2.10. The van der Waals surface area contributed by atoms with Crippen molar-refractivity contribution in [3.8, 4) is 5.75 Å². The van der Waals surface area contributed by atoms with Gasteiger partial charge in [-0.2, -0.15) is 0 Å². The number of ether oxygens (including phenoxy) is 1. The van der Waals surface area contributed by atoms with Gasteiger partial charge in [0.15, 0.2) is 0 Å². The van der Waals surface area contributed by atoms with Gasteiger partial charge in [0.25, 0.3) is 0 Å². The number of nitrogen functional groups attached to an aromatic ring is 1. The predicted molar refractivity (Wildman–Crippen MR) is 73.2 cm³/mol. The van der Waals surface area contributed by atoms with Crippen molar-refractivity contribution in [3.05, 3.63) is 53.8 Å². The number of anilines is 2. The van der Waals surface area contributed by atoms with E-state index in [2.05, 4.69) is 5.32 Å². The van der Waals surface area contributed by atoms with Crippen molar-refractivity contribution in [2.75, 3.05) is 11.1 Å². The number of benzene rings is 2. The molecule has 0 aliphatic rings. The Morgan fingerprint density at radius 3 is 2.55 bits per heavy atom. The van der Waals surface area contributed by atoms with E-state index in [1.807, 2.05) is 0 Å². The van der Waals surface area contributed by atoms with Gasteiger partial charge in [-0.3, -0.25) is 5.32 Å². The summed E-state index contributed by atoms with van der Waals surface area (Å²) in [5.74, 6) is 0.199. The predicted octanol–water partition coefficient (Wildman–Crippen LogP) is 3.08. The molecule has 104 valence electrons. The zero-order valence-corrected chi connectivity index (χ0v) is 10.5. The van der Waals surface area contributed by atoms with Crippen molar-refractivity contribution in [2.24, 2.45) is 0 Å². The third kappa shape index (κ3) is 3.61. The highest BCUT2D eigenvalue weighted by Gasteiger charge is 2.05. The largest absolute Gasteiger partial charge is 0.489 e. The molecule has 0 atom stereocenters. The molecule has 0 unspecified atom stereocenters. The number of carbonyl (C=O) groups is 1. The van der Waals surface area contributed by atoms with E-state index in [-0.39, 0.29) is 18.1 Å². The van der Waals surface area contributed by atoms with Gasteiger partial charge in [0.05, 0.1) is 11.4 Å². The second-order valence-corrected chi connectivity index (χ2v) is 4.09. The van der Waals surface area contributed by atoms with Gasteiger partial charge in [-0.05, 0) is 29.8 Å². The smallest absolute Gasteiger partial charge is 0.409 e. The Labute approximate surface area is 114 Å². The molecule has 0 aromatic heterocycles. The highest BCUT2D eigenvalue weighted by Crippen LogP contribution is 2.24. The Morgan fingerprint density at radius 1 is 1.25 bits per heavy atom. The fraction of sp³-hybridized carbons (Fsp3) is 0.0714. The number of nitrogens with two attached hydrogens (primary N) is 1. The van der Waals surface area contributed by atoms with E-state index in [4.69, 9.17) is 15.6 Å². The minimum Gasteiger partial charge on any atom is -0.489 e. The fourth-order valence-electron chi connectivity index (χ4n) is 1.61. The van der Waals surface area contributed by atoms with Crippen molar-refractivity contribution in [1.29, 1.82) is 0 Å². The molecule has 0 heterocycles. The standard InChI is InChI=1S/C14H13FN2O3/c15-10-3-1-9(2-4-10)8-20-11-5-6-13(12(16)7-11)17-14(18)19/h1-7,17H,8,16H2,(H,18,19). The first-order chi connectivity index (χ1) is 9.54. The SMILES string of the molecule is Nc1cc(OCc2ccc(F)cc2)ccc1NC(=O)O. The van der Waals surface area contributed by atoms with Crippen LogP contribution in [-0.2, 0) is 6.61 Å². The van der Waals surface area contributed by atoms with Crippen LogP contribution in [0, 0.1) is 5.82 Å². The average Bonchev–Trinajstić information content (AvgIpc) is 2.40. The van der Waals surface area contributed by atoms with Gasteiger partial charge in [-0.25, -0.2) is 9.18 Å². The van der Waals surface area contributed by atoms with Crippen LogP contribution < -0.4 is 15.8 Å². The van der Waals surface area contributed by atoms with Crippen LogP contribution in [0.25, 0.3) is 0 Å². The number of nitrogens with one attached hydrogen (secondary N) is 1. The zero-order chi connectivity index (χ0) is 14.5. The minimum absolute atomic E-state index is 0.268. The van der Waals surface area contributed by atoms with E-state index < -0.39 is 6.09 Å². The molecule has 0 bridgehead atoms. The van der Waals surface area contributed by atoms with Crippen LogP contribution in [0.2, 0.25) is 0 Å². The molecule has 2 aromatic rings. The molecule has 5 nitrogen and oxygen atoms in total. The van der Waals surface area contributed by atoms with Crippen molar-refractivity contribution in [3.63, 3.8) is 0 Å². The molecule has 0 spiro atoms. The molecule has 2 rings (SSSR count). The van der Waals surface area contributed by atoms with Crippen molar-refractivity contribution in [2.45, 2.75) is 6.61 Å². The summed E-state index contributed by atoms with van der Waals surface area (Å²) in [4.78, 5) is 10.5. The lowest BCUT2D eigenvalue weighted by molar-refractivity contribution is 0.209. The second kappa shape index (κ2) is 5.92. The Balaban J connectivity index is 2.01. The number of amides is 1. The van der Waals surface area contributed by atoms with E-state index in [9.17, 15) is 9.18 Å². The summed E-state index contributed by atoms with van der Waals surface area (Å²) in [6.07, 6.45) is -1.18. The average molecular weight is 276 g/mol. The van der Waals surface area contributed by atoms with Crippen molar-refractivity contribution in [1.82, 2.24) is 0 Å². The normalized spacial score (nSPS) is 10.1. The molecule has 2 aromatic carbocycles. The van der Waals surface area contributed by atoms with E-state index in [1.165, 1.54) is 24.3 Å². The highest BCUT2D eigenvalue weighted by atomic mass is 19.1. The Bertz CT molecular complexity index is 614. The third-order valence-electron chi connectivity index (χ3n) is 2.58. The maximum absolute atomic E-state index is 12.7. The van der Waals surface area contributed by atoms with E-state index in [0.29, 0.717) is 11.4 Å². The summed E-state index contributed by atoms with van der Waals surface area (Å²) in [7, 11) is 0. The van der Waals surface area contributed by atoms with Crippen molar-refractivity contribution >= 4 is 17.5 Å². The Hall–Kier alpha value is -2.76. The number of carboxylic acid groups (broad SMARTS) is 1. The summed E-state index contributed by atoms with van der Waals surface area (Å²) in [6, 6.07) is 10.6. The maximum Gasteiger partial charge on any atom is 0.409 e. The summed E-state index contributed by atoms with van der Waals surface area (Å²) >= 11 is 0. The van der Waals surface area contributed by atoms with Crippen LogP contribution in [-0.4, -0.2) is 11.2 Å². The molecule has 0 saturated carbocycles. The summed E-state index contributed by atoms with van der Waals surface area (Å²) in [5.41, 5.74) is 7.09. The molecule has 0 aliphatic heterocycles. The highest BCUT2D eigenvalue weighted by molar-refractivity contribution is 5.87. The Kier molecular flexibility index (Phi) is 4.05. The molecule has 1 amide bonds. The van der Waals surface area contributed by atoms with E-state index >= 15 is 0 Å². The molecule has 0 saturated heterocycles. The van der Waals surface area contributed by atoms with Crippen LogP contribution in [0.15, 0.2) is 42.5 Å². The topological polar surface area (TPSA) is 84.6 Å². The molecule has 20 heavy (non-hydrogen) atoms. The number of halogens is 1. The van der Waals surface area contributed by atoms with Crippen LogP contribution in [0.5, 0.6) is 5.75 Å². The van der Waals surface area contributed by atoms with Gasteiger partial charge in [0.2, 0.25) is 0 Å². The maximum atomic E-state index is 12.7. The quantitative estimate of drug-likeness (QED) is 0.749. The number of hydrogen-bond donors (Lipinski definition) is 3. The summed E-state index contributed by atoms with van der Waals surface area (Å²) in [5, 5.41) is 10.8. The van der Waals surface area contributed by atoms with E-state index in [0.717, 1.165) is 5.56 Å².